The smallest absolute Gasteiger partial charge is 0.319 e. The van der Waals surface area contributed by atoms with E-state index in [2.05, 4.69) is 78.2 Å². The lowest BCUT2D eigenvalue weighted by molar-refractivity contribution is -0.122. The number of aromatic nitrogens is 6. The van der Waals surface area contributed by atoms with Crippen molar-refractivity contribution in [3.63, 3.8) is 0 Å². The Balaban J connectivity index is 0.795. The summed E-state index contributed by atoms with van der Waals surface area (Å²) in [7, 11) is 0. The second-order valence-corrected chi connectivity index (χ2v) is 19.2. The number of phenolic OH excluding ortho intramolecular Hbond substituents is 2. The number of piperazine rings is 1. The Morgan fingerprint density at radius 3 is 2.06 bits per heavy atom. The molecule has 2 aliphatic rings. The molecular formula is C50H53ClN10O4S. The van der Waals surface area contributed by atoms with Gasteiger partial charge in [0.2, 0.25) is 5.91 Å². The van der Waals surface area contributed by atoms with Crippen LogP contribution in [-0.2, 0) is 17.9 Å². The van der Waals surface area contributed by atoms with Crippen LogP contribution in [-0.4, -0.2) is 92.4 Å². The lowest BCUT2D eigenvalue weighted by Gasteiger charge is -2.34. The first kappa shape index (κ1) is 44.8. The first-order valence-corrected chi connectivity index (χ1v) is 23.4. The zero-order valence-corrected chi connectivity index (χ0v) is 39.4. The van der Waals surface area contributed by atoms with E-state index in [1.54, 1.807) is 17.4 Å². The number of aliphatic imine (C=N–C) groups is 1. The minimum absolute atomic E-state index is 0.00436. The van der Waals surface area contributed by atoms with Crippen LogP contribution < -0.4 is 5.32 Å². The topological polar surface area (TPSA) is 170 Å². The van der Waals surface area contributed by atoms with Crippen molar-refractivity contribution in [1.82, 2.24) is 44.6 Å². The Hall–Kier alpha value is -6.39. The number of rotatable bonds is 12. The Morgan fingerprint density at radius 1 is 0.788 bits per heavy atom. The number of nitrogens with one attached hydrogen (secondary N) is 1. The van der Waals surface area contributed by atoms with Crippen molar-refractivity contribution in [2.24, 2.45) is 4.99 Å². The van der Waals surface area contributed by atoms with Crippen LogP contribution in [0.4, 0.5) is 0 Å². The van der Waals surface area contributed by atoms with Crippen LogP contribution in [0.1, 0.15) is 101 Å². The molecule has 14 nitrogen and oxygen atoms in total. The lowest BCUT2D eigenvalue weighted by Crippen LogP contribution is -2.45. The summed E-state index contributed by atoms with van der Waals surface area (Å²) in [5.74, 6) is 1.42. The van der Waals surface area contributed by atoms with Crippen molar-refractivity contribution in [3.05, 3.63) is 145 Å². The molecule has 1 saturated heterocycles. The molecule has 4 N–H and O–H groups in total. The van der Waals surface area contributed by atoms with Gasteiger partial charge in [-0.2, -0.15) is 0 Å². The molecule has 66 heavy (non-hydrogen) atoms. The monoisotopic (exact) mass is 924 g/mol. The number of carbonyl (C=O) groups excluding carboxylic acids is 1. The number of benzene rings is 4. The first-order chi connectivity index (χ1) is 31.7. The highest BCUT2D eigenvalue weighted by molar-refractivity contribution is 7.15. The summed E-state index contributed by atoms with van der Waals surface area (Å²) < 4.78 is 3.55. The van der Waals surface area contributed by atoms with Gasteiger partial charge in [0.05, 0.1) is 29.4 Å². The molecule has 0 saturated carbocycles. The number of amides is 1. The van der Waals surface area contributed by atoms with Gasteiger partial charge in [0.25, 0.3) is 0 Å². The van der Waals surface area contributed by atoms with Crippen LogP contribution in [0.15, 0.2) is 89.9 Å². The second-order valence-electron chi connectivity index (χ2n) is 17.6. The number of aryl methyl sites for hydroxylation is 2. The molecule has 2 aliphatic heterocycles. The number of hydrogen-bond donors (Lipinski definition) is 4. The molecule has 0 aliphatic carbocycles. The number of nitrogens with zero attached hydrogens (tertiary/aromatic N) is 9. The molecule has 3 aromatic heterocycles. The Kier molecular flexibility index (Phi) is 12.5. The van der Waals surface area contributed by atoms with Crippen molar-refractivity contribution in [2.45, 2.75) is 79.1 Å². The molecule has 1 fully saturated rings. The normalized spacial score (nSPS) is 15.9. The minimum atomic E-state index is -0.546. The van der Waals surface area contributed by atoms with E-state index >= 15 is 0 Å². The average Bonchev–Trinajstić information content (AvgIpc) is 3.93. The SMILES string of the molecule is Cc1sc2c(c1C)C(c1ccc(Cl)cc1)=NC(CC(=O)NC(C)c1ccc(CN3CCN(Cc4ccc(-n5c(O)nnc5-c5cc(C(C)C)c(O)cc5O)cc4)CC3)cc1)c1nnc(C)n1-2. The van der Waals surface area contributed by atoms with Crippen molar-refractivity contribution in [3.8, 4) is 39.6 Å². The zero-order chi connectivity index (χ0) is 46.4. The Morgan fingerprint density at radius 2 is 1.42 bits per heavy atom. The van der Waals surface area contributed by atoms with E-state index in [-0.39, 0.29) is 47.6 Å². The molecule has 1 amide bonds. The summed E-state index contributed by atoms with van der Waals surface area (Å²) in [6, 6.07) is 26.0. The van der Waals surface area contributed by atoms with E-state index < -0.39 is 6.04 Å². The maximum absolute atomic E-state index is 13.8. The fourth-order valence-electron chi connectivity index (χ4n) is 8.90. The van der Waals surface area contributed by atoms with Crippen molar-refractivity contribution in [2.75, 3.05) is 26.2 Å². The first-order valence-electron chi connectivity index (χ1n) is 22.2. The van der Waals surface area contributed by atoms with Gasteiger partial charge in [-0.25, -0.2) is 4.57 Å². The van der Waals surface area contributed by atoms with Gasteiger partial charge in [0.1, 0.15) is 28.4 Å². The van der Waals surface area contributed by atoms with Crippen LogP contribution in [0.2, 0.25) is 5.02 Å². The number of carbonyl (C=O) groups is 1. The van der Waals surface area contributed by atoms with Crippen LogP contribution in [0.25, 0.3) is 22.1 Å². The summed E-state index contributed by atoms with van der Waals surface area (Å²) >= 11 is 7.97. The molecule has 5 heterocycles. The Bertz CT molecular complexity index is 2930. The third-order valence-corrected chi connectivity index (χ3v) is 14.2. The van der Waals surface area contributed by atoms with Gasteiger partial charge in [-0.05, 0) is 91.8 Å². The average molecular weight is 926 g/mol. The summed E-state index contributed by atoms with van der Waals surface area (Å²) in [5.41, 5.74) is 8.99. The largest absolute Gasteiger partial charge is 0.508 e. The minimum Gasteiger partial charge on any atom is -0.508 e. The van der Waals surface area contributed by atoms with Crippen LogP contribution in [0.5, 0.6) is 17.5 Å². The van der Waals surface area contributed by atoms with E-state index in [1.807, 2.05) is 76.2 Å². The van der Waals surface area contributed by atoms with Gasteiger partial charge < -0.3 is 20.6 Å². The molecule has 2 atom stereocenters. The Labute approximate surface area is 392 Å². The molecule has 4 aromatic carbocycles. The summed E-state index contributed by atoms with van der Waals surface area (Å²) in [5, 5.41) is 53.6. The second kappa shape index (κ2) is 18.5. The van der Waals surface area contributed by atoms with Gasteiger partial charge in [-0.15, -0.1) is 26.6 Å². The molecule has 9 rings (SSSR count). The number of halogens is 1. The highest BCUT2D eigenvalue weighted by Crippen LogP contribution is 2.41. The van der Waals surface area contributed by atoms with Gasteiger partial charge in [0, 0.05) is 66.4 Å². The van der Waals surface area contributed by atoms with Gasteiger partial charge >= 0.3 is 6.01 Å². The quantitative estimate of drug-likeness (QED) is 0.0929. The van der Waals surface area contributed by atoms with Crippen LogP contribution in [0, 0.1) is 20.8 Å². The molecule has 0 spiro atoms. The summed E-state index contributed by atoms with van der Waals surface area (Å²) in [4.78, 5) is 25.2. The molecule has 2 unspecified atom stereocenters. The molecule has 0 bridgehead atoms. The van der Waals surface area contributed by atoms with E-state index in [0.717, 1.165) is 83.6 Å². The fraction of sp³-hybridized carbons (Fsp3) is 0.320. The maximum atomic E-state index is 13.8. The van der Waals surface area contributed by atoms with Gasteiger partial charge in [0.15, 0.2) is 11.6 Å². The standard InChI is InChI=1S/C50H53ClN10O4S/c1-28(2)39-23-40(43(63)25-42(39)62)47-55-57-50(65)61(47)38-17-9-34(10-18-38)27-59-21-19-58(20-22-59)26-33-7-11-35(12-8-33)30(4)52-44(64)24-41-48-56-54-32(6)60(48)49-45(29(3)31(5)66-49)46(53-41)36-13-15-37(51)16-14-36/h7-18,23,25,28,30,41,62-63H,19-22,24,26-27H2,1-6H3,(H,52,64)(H,57,65). The number of phenols is 2. The predicted molar refractivity (Wildman–Crippen MR) is 257 cm³/mol. The van der Waals surface area contributed by atoms with Crippen molar-refractivity contribution >= 4 is 34.6 Å². The van der Waals surface area contributed by atoms with Crippen LogP contribution >= 0.6 is 22.9 Å². The predicted octanol–water partition coefficient (Wildman–Crippen LogP) is 8.87. The molecule has 7 aromatic rings. The number of fused-ring (bicyclic) bond motifs is 3. The van der Waals surface area contributed by atoms with Gasteiger partial charge in [-0.3, -0.25) is 24.2 Å². The maximum Gasteiger partial charge on any atom is 0.319 e. The summed E-state index contributed by atoms with van der Waals surface area (Å²) in [6.07, 6.45) is 0.115. The molecule has 0 radical (unpaired) electrons. The zero-order valence-electron chi connectivity index (χ0n) is 37.8. The van der Waals surface area contributed by atoms with E-state index in [4.69, 9.17) is 16.6 Å². The van der Waals surface area contributed by atoms with E-state index in [9.17, 15) is 20.1 Å². The third kappa shape index (κ3) is 8.95. The number of thiophene rings is 1. The highest BCUT2D eigenvalue weighted by Gasteiger charge is 2.33. The van der Waals surface area contributed by atoms with Gasteiger partial charge in [-0.1, -0.05) is 79.1 Å². The lowest BCUT2D eigenvalue weighted by atomic mass is 9.98. The number of aromatic hydroxyl groups is 3. The van der Waals surface area contributed by atoms with Crippen molar-refractivity contribution < 1.29 is 20.1 Å². The van der Waals surface area contributed by atoms with E-state index in [0.29, 0.717) is 27.7 Å². The molecule has 340 valence electrons. The highest BCUT2D eigenvalue weighted by atomic mass is 35.5. The summed E-state index contributed by atoms with van der Waals surface area (Å²) in [6.45, 7) is 17.4. The fourth-order valence-corrected chi connectivity index (χ4v) is 10.2. The molecular weight excluding hydrogens is 872 g/mol. The number of hydrogen-bond acceptors (Lipinski definition) is 12. The molecule has 16 heteroatoms. The van der Waals surface area contributed by atoms with E-state index in [1.165, 1.54) is 21.1 Å². The van der Waals surface area contributed by atoms with Crippen LogP contribution in [0.3, 0.4) is 0 Å². The third-order valence-electron chi connectivity index (χ3n) is 12.7. The van der Waals surface area contributed by atoms with Crippen molar-refractivity contribution in [1.29, 1.82) is 0 Å².